The van der Waals surface area contributed by atoms with Crippen LogP contribution in [0.1, 0.15) is 11.1 Å². The molecule has 4 heteroatoms. The lowest BCUT2D eigenvalue weighted by molar-refractivity contribution is 0.305. The van der Waals surface area contributed by atoms with Crippen LogP contribution in [0.4, 0.5) is 4.39 Å². The van der Waals surface area contributed by atoms with Gasteiger partial charge in [-0.25, -0.2) is 4.39 Å². The standard InChI is InChI=1S/C12H12FNOS/c13-11-3-10(6-14)4-12(5-11)15-7-9-1-2-16-8-9/h1-5,8H,6-7,14H2. The van der Waals surface area contributed by atoms with E-state index < -0.39 is 0 Å². The third-order valence-electron chi connectivity index (χ3n) is 2.15. The molecule has 84 valence electrons. The highest BCUT2D eigenvalue weighted by atomic mass is 32.1. The molecule has 1 aromatic carbocycles. The second-order valence-electron chi connectivity index (χ2n) is 3.42. The van der Waals surface area contributed by atoms with E-state index in [2.05, 4.69) is 0 Å². The number of hydrogen-bond acceptors (Lipinski definition) is 3. The number of rotatable bonds is 4. The van der Waals surface area contributed by atoms with Crippen LogP contribution in [0.3, 0.4) is 0 Å². The van der Waals surface area contributed by atoms with Gasteiger partial charge in [0.1, 0.15) is 18.2 Å². The number of nitrogens with two attached hydrogens (primary N) is 1. The quantitative estimate of drug-likeness (QED) is 0.887. The van der Waals surface area contributed by atoms with Crippen molar-refractivity contribution < 1.29 is 9.13 Å². The molecule has 2 rings (SSSR count). The number of hydrogen-bond donors (Lipinski definition) is 1. The molecule has 16 heavy (non-hydrogen) atoms. The first kappa shape index (κ1) is 11.1. The molecule has 0 aliphatic rings. The van der Waals surface area contributed by atoms with E-state index in [1.807, 2.05) is 16.8 Å². The lowest BCUT2D eigenvalue weighted by atomic mass is 10.2. The molecule has 0 radical (unpaired) electrons. The minimum atomic E-state index is -0.316. The maximum absolute atomic E-state index is 13.1. The summed E-state index contributed by atoms with van der Waals surface area (Å²) in [5, 5.41) is 3.98. The fourth-order valence-electron chi connectivity index (χ4n) is 1.36. The molecule has 0 bridgehead atoms. The van der Waals surface area contributed by atoms with Crippen LogP contribution in [0.15, 0.2) is 35.0 Å². The average Bonchev–Trinajstić information content (AvgIpc) is 2.78. The van der Waals surface area contributed by atoms with Crippen LogP contribution >= 0.6 is 11.3 Å². The minimum Gasteiger partial charge on any atom is -0.489 e. The van der Waals surface area contributed by atoms with Crippen LogP contribution in [0.25, 0.3) is 0 Å². The fourth-order valence-corrected chi connectivity index (χ4v) is 2.02. The normalized spacial score (nSPS) is 10.4. The first-order valence-corrected chi connectivity index (χ1v) is 5.85. The van der Waals surface area contributed by atoms with E-state index in [0.29, 0.717) is 18.9 Å². The Morgan fingerprint density at radius 2 is 2.12 bits per heavy atom. The van der Waals surface area contributed by atoms with Crippen LogP contribution in [0.5, 0.6) is 5.75 Å². The molecule has 0 spiro atoms. The van der Waals surface area contributed by atoms with Gasteiger partial charge in [-0.3, -0.25) is 0 Å². The Bertz CT molecular complexity index is 456. The number of halogens is 1. The van der Waals surface area contributed by atoms with Crippen molar-refractivity contribution in [3.05, 3.63) is 52.0 Å². The van der Waals surface area contributed by atoms with E-state index in [4.69, 9.17) is 10.5 Å². The Morgan fingerprint density at radius 1 is 1.25 bits per heavy atom. The second kappa shape index (κ2) is 5.09. The first-order valence-electron chi connectivity index (χ1n) is 4.91. The van der Waals surface area contributed by atoms with Crippen molar-refractivity contribution in [1.29, 1.82) is 0 Å². The van der Waals surface area contributed by atoms with Gasteiger partial charge in [0, 0.05) is 12.6 Å². The van der Waals surface area contributed by atoms with Crippen LogP contribution in [0, 0.1) is 5.82 Å². The zero-order valence-electron chi connectivity index (χ0n) is 8.65. The molecule has 2 aromatic rings. The summed E-state index contributed by atoms with van der Waals surface area (Å²) in [5.74, 6) is 0.204. The van der Waals surface area contributed by atoms with Crippen LogP contribution in [-0.4, -0.2) is 0 Å². The zero-order valence-corrected chi connectivity index (χ0v) is 9.47. The average molecular weight is 237 g/mol. The summed E-state index contributed by atoms with van der Waals surface area (Å²) in [6.45, 7) is 0.767. The van der Waals surface area contributed by atoms with Crippen LogP contribution in [-0.2, 0) is 13.2 Å². The molecule has 1 heterocycles. The van der Waals surface area contributed by atoms with Crippen LogP contribution in [0.2, 0.25) is 0 Å². The lowest BCUT2D eigenvalue weighted by Gasteiger charge is -2.06. The molecular formula is C12H12FNOS. The first-order chi connectivity index (χ1) is 7.78. The van der Waals surface area contributed by atoms with Gasteiger partial charge in [0.05, 0.1) is 0 Å². The van der Waals surface area contributed by atoms with Gasteiger partial charge in [-0.2, -0.15) is 11.3 Å². The summed E-state index contributed by atoms with van der Waals surface area (Å²) in [6.07, 6.45) is 0. The summed E-state index contributed by atoms with van der Waals surface area (Å²) >= 11 is 1.61. The fraction of sp³-hybridized carbons (Fsp3) is 0.167. The van der Waals surface area contributed by atoms with Crippen molar-refractivity contribution >= 4 is 11.3 Å². The Kier molecular flexibility index (Phi) is 3.54. The monoisotopic (exact) mass is 237 g/mol. The van der Waals surface area contributed by atoms with E-state index in [1.54, 1.807) is 17.4 Å². The third-order valence-corrected chi connectivity index (χ3v) is 2.88. The van der Waals surface area contributed by atoms with E-state index in [0.717, 1.165) is 11.1 Å². The largest absolute Gasteiger partial charge is 0.489 e. The predicted molar refractivity (Wildman–Crippen MR) is 62.9 cm³/mol. The van der Waals surface area contributed by atoms with Crippen molar-refractivity contribution in [1.82, 2.24) is 0 Å². The maximum Gasteiger partial charge on any atom is 0.127 e. The van der Waals surface area contributed by atoms with E-state index in [9.17, 15) is 4.39 Å². The summed E-state index contributed by atoms with van der Waals surface area (Å²) in [7, 11) is 0. The molecule has 2 nitrogen and oxygen atoms in total. The van der Waals surface area contributed by atoms with Gasteiger partial charge in [-0.1, -0.05) is 0 Å². The molecule has 0 aliphatic heterocycles. The van der Waals surface area contributed by atoms with Gasteiger partial charge >= 0.3 is 0 Å². The van der Waals surface area contributed by atoms with Gasteiger partial charge in [0.2, 0.25) is 0 Å². The van der Waals surface area contributed by atoms with Crippen molar-refractivity contribution in [3.63, 3.8) is 0 Å². The molecule has 0 amide bonds. The molecule has 1 aromatic heterocycles. The maximum atomic E-state index is 13.1. The van der Waals surface area contributed by atoms with Crippen molar-refractivity contribution in [3.8, 4) is 5.75 Å². The summed E-state index contributed by atoms with van der Waals surface area (Å²) in [4.78, 5) is 0. The highest BCUT2D eigenvalue weighted by Gasteiger charge is 2.01. The van der Waals surface area contributed by atoms with E-state index in [-0.39, 0.29) is 5.82 Å². The number of thiophene rings is 1. The van der Waals surface area contributed by atoms with Crippen molar-refractivity contribution in [2.45, 2.75) is 13.2 Å². The smallest absolute Gasteiger partial charge is 0.127 e. The second-order valence-corrected chi connectivity index (χ2v) is 4.20. The summed E-state index contributed by atoms with van der Waals surface area (Å²) in [5.41, 5.74) is 7.28. The van der Waals surface area contributed by atoms with Crippen molar-refractivity contribution in [2.75, 3.05) is 0 Å². The highest BCUT2D eigenvalue weighted by Crippen LogP contribution is 2.18. The highest BCUT2D eigenvalue weighted by molar-refractivity contribution is 7.07. The van der Waals surface area contributed by atoms with Gasteiger partial charge in [0.25, 0.3) is 0 Å². The molecule has 0 fully saturated rings. The Labute approximate surface area is 97.5 Å². The van der Waals surface area contributed by atoms with Gasteiger partial charge in [-0.05, 0) is 40.1 Å². The molecule has 0 aliphatic carbocycles. The molecule has 0 saturated carbocycles. The number of benzene rings is 1. The van der Waals surface area contributed by atoms with E-state index >= 15 is 0 Å². The molecule has 0 unspecified atom stereocenters. The Hall–Kier alpha value is -1.39. The topological polar surface area (TPSA) is 35.2 Å². The molecule has 2 N–H and O–H groups in total. The SMILES string of the molecule is NCc1cc(F)cc(OCc2ccsc2)c1. The summed E-state index contributed by atoms with van der Waals surface area (Å²) in [6, 6.07) is 6.52. The Balaban J connectivity index is 2.06. The zero-order chi connectivity index (χ0) is 11.4. The minimum absolute atomic E-state index is 0.312. The lowest BCUT2D eigenvalue weighted by Crippen LogP contribution is -1.99. The Morgan fingerprint density at radius 3 is 2.81 bits per heavy atom. The summed E-state index contributed by atoms with van der Waals surface area (Å²) < 4.78 is 18.6. The molecule has 0 atom stereocenters. The molecule has 0 saturated heterocycles. The third kappa shape index (κ3) is 2.81. The predicted octanol–water partition coefficient (Wildman–Crippen LogP) is 2.92. The number of ether oxygens (including phenoxy) is 1. The van der Waals surface area contributed by atoms with Gasteiger partial charge in [0.15, 0.2) is 0 Å². The van der Waals surface area contributed by atoms with Gasteiger partial charge in [-0.15, -0.1) is 0 Å². The van der Waals surface area contributed by atoms with Crippen molar-refractivity contribution in [2.24, 2.45) is 5.73 Å². The van der Waals surface area contributed by atoms with Gasteiger partial charge < -0.3 is 10.5 Å². The van der Waals surface area contributed by atoms with Crippen LogP contribution < -0.4 is 10.5 Å². The van der Waals surface area contributed by atoms with E-state index in [1.165, 1.54) is 12.1 Å². The molecular weight excluding hydrogens is 225 g/mol.